The molecule has 2 heteroatoms. The number of fused-ring (bicyclic) bond motifs is 3. The van der Waals surface area contributed by atoms with Gasteiger partial charge in [-0.1, -0.05) is 46.3 Å². The van der Waals surface area contributed by atoms with Crippen molar-refractivity contribution in [3.05, 3.63) is 52.5 Å². The van der Waals surface area contributed by atoms with Gasteiger partial charge >= 0.3 is 0 Å². The van der Waals surface area contributed by atoms with E-state index in [1.165, 1.54) is 35.6 Å². The average molecular weight is 328 g/mol. The number of hydrogen-bond acceptors (Lipinski definition) is 1. The molecular weight excluding hydrogens is 310 g/mol. The van der Waals surface area contributed by atoms with Gasteiger partial charge in [-0.25, -0.2) is 0 Å². The van der Waals surface area contributed by atoms with Crippen molar-refractivity contribution in [1.29, 1.82) is 0 Å². The lowest BCUT2D eigenvalue weighted by Gasteiger charge is -2.30. The molecule has 0 amide bonds. The largest absolute Gasteiger partial charge is 0.297 e. The van der Waals surface area contributed by atoms with Crippen LogP contribution < -0.4 is 0 Å². The average Bonchev–Trinajstić information content (AvgIpc) is 2.68. The predicted octanol–water partition coefficient (Wildman–Crippen LogP) is 4.85. The molecule has 2 aliphatic heterocycles. The summed E-state index contributed by atoms with van der Waals surface area (Å²) in [7, 11) is 2.27. The highest BCUT2D eigenvalue weighted by Crippen LogP contribution is 2.39. The maximum atomic E-state index is 3.57. The Morgan fingerprint density at radius 1 is 1.15 bits per heavy atom. The van der Waals surface area contributed by atoms with Crippen molar-refractivity contribution in [2.45, 2.75) is 31.3 Å². The van der Waals surface area contributed by atoms with Crippen LogP contribution in [-0.2, 0) is 0 Å². The van der Waals surface area contributed by atoms with Gasteiger partial charge < -0.3 is 0 Å². The quantitative estimate of drug-likeness (QED) is 0.723. The fraction of sp³-hybridized carbons (Fsp3) is 0.333. The fourth-order valence-corrected chi connectivity index (χ4v) is 4.16. The van der Waals surface area contributed by atoms with Gasteiger partial charge in [-0.2, -0.15) is 0 Å². The van der Waals surface area contributed by atoms with Crippen molar-refractivity contribution >= 4 is 32.3 Å². The molecule has 2 aromatic carbocycles. The molecule has 2 unspecified atom stereocenters. The molecule has 0 spiro atoms. The van der Waals surface area contributed by atoms with Crippen LogP contribution in [0.25, 0.3) is 16.3 Å². The molecule has 0 radical (unpaired) electrons. The van der Waals surface area contributed by atoms with Crippen LogP contribution in [0.3, 0.4) is 0 Å². The van der Waals surface area contributed by atoms with Gasteiger partial charge in [-0.3, -0.25) is 4.90 Å². The zero-order valence-electron chi connectivity index (χ0n) is 11.6. The minimum atomic E-state index is 0.648. The van der Waals surface area contributed by atoms with Crippen molar-refractivity contribution in [3.8, 4) is 0 Å². The first-order chi connectivity index (χ1) is 9.72. The Labute approximate surface area is 128 Å². The number of rotatable bonds is 1. The van der Waals surface area contributed by atoms with Crippen molar-refractivity contribution in [3.63, 3.8) is 0 Å². The van der Waals surface area contributed by atoms with Gasteiger partial charge in [-0.05, 0) is 60.4 Å². The van der Waals surface area contributed by atoms with E-state index in [1.54, 1.807) is 5.57 Å². The lowest BCUT2D eigenvalue weighted by Crippen LogP contribution is -2.34. The van der Waals surface area contributed by atoms with Crippen molar-refractivity contribution in [1.82, 2.24) is 4.90 Å². The smallest absolute Gasteiger partial charge is 0.0284 e. The predicted molar refractivity (Wildman–Crippen MR) is 88.8 cm³/mol. The molecule has 0 aliphatic carbocycles. The third-order valence-electron chi connectivity index (χ3n) is 4.93. The van der Waals surface area contributed by atoms with E-state index in [4.69, 9.17) is 0 Å². The highest BCUT2D eigenvalue weighted by Gasteiger charge is 2.34. The first-order valence-corrected chi connectivity index (χ1v) is 8.13. The van der Waals surface area contributed by atoms with Crippen LogP contribution in [-0.4, -0.2) is 24.0 Å². The summed E-state index contributed by atoms with van der Waals surface area (Å²) < 4.78 is 1.15. The molecule has 20 heavy (non-hydrogen) atoms. The van der Waals surface area contributed by atoms with E-state index >= 15 is 0 Å². The van der Waals surface area contributed by atoms with Gasteiger partial charge in [-0.15, -0.1) is 0 Å². The van der Waals surface area contributed by atoms with Crippen LogP contribution in [0, 0.1) is 0 Å². The Hall–Kier alpha value is -1.12. The number of benzene rings is 2. The first kappa shape index (κ1) is 12.6. The van der Waals surface area contributed by atoms with E-state index in [0.717, 1.165) is 10.5 Å². The fourth-order valence-electron chi connectivity index (χ4n) is 3.78. The molecule has 1 nitrogen and oxygen atoms in total. The minimum absolute atomic E-state index is 0.648. The third-order valence-corrected chi connectivity index (χ3v) is 5.43. The van der Waals surface area contributed by atoms with E-state index < -0.39 is 0 Å². The molecule has 0 saturated carbocycles. The van der Waals surface area contributed by atoms with Crippen LogP contribution in [0.5, 0.6) is 0 Å². The molecule has 2 bridgehead atoms. The van der Waals surface area contributed by atoms with Crippen LogP contribution in [0.15, 0.2) is 46.9 Å². The first-order valence-electron chi connectivity index (χ1n) is 7.33. The van der Waals surface area contributed by atoms with E-state index in [0.29, 0.717) is 6.04 Å². The van der Waals surface area contributed by atoms with Gasteiger partial charge in [0.05, 0.1) is 0 Å². The number of nitrogens with zero attached hydrogens (tertiary/aromatic N) is 1. The summed E-state index contributed by atoms with van der Waals surface area (Å²) in [4.78, 5) is 2.55. The molecule has 2 aromatic rings. The second-order valence-corrected chi connectivity index (χ2v) is 6.95. The number of likely N-dealkylation sites (N-methyl/N-ethyl adjacent to an activating group) is 1. The minimum Gasteiger partial charge on any atom is -0.297 e. The Kier molecular flexibility index (Phi) is 2.97. The summed E-state index contributed by atoms with van der Waals surface area (Å²) in [6.07, 6.45) is 6.36. The van der Waals surface area contributed by atoms with Crippen LogP contribution in [0.2, 0.25) is 0 Å². The molecule has 102 valence electrons. The normalized spacial score (nSPS) is 26.0. The summed E-state index contributed by atoms with van der Waals surface area (Å²) in [5.41, 5.74) is 2.98. The number of hydrogen-bond donors (Lipinski definition) is 0. The summed E-state index contributed by atoms with van der Waals surface area (Å²) in [6, 6.07) is 14.7. The summed E-state index contributed by atoms with van der Waals surface area (Å²) in [6.45, 7) is 0. The van der Waals surface area contributed by atoms with E-state index in [2.05, 4.69) is 70.4 Å². The Bertz CT molecular complexity index is 704. The topological polar surface area (TPSA) is 3.24 Å². The molecule has 1 saturated heterocycles. The lowest BCUT2D eigenvalue weighted by atomic mass is 9.91. The van der Waals surface area contributed by atoms with Gasteiger partial charge in [0, 0.05) is 16.6 Å². The Balaban J connectivity index is 1.85. The van der Waals surface area contributed by atoms with Crippen LogP contribution in [0.4, 0.5) is 0 Å². The van der Waals surface area contributed by atoms with Crippen molar-refractivity contribution in [2.75, 3.05) is 7.05 Å². The van der Waals surface area contributed by atoms with Gasteiger partial charge in [0.15, 0.2) is 0 Å². The summed E-state index contributed by atoms with van der Waals surface area (Å²) >= 11 is 3.57. The maximum Gasteiger partial charge on any atom is 0.0284 e. The monoisotopic (exact) mass is 327 g/mol. The maximum absolute atomic E-state index is 3.57. The zero-order chi connectivity index (χ0) is 13.7. The standard InChI is InChI=1S/C18H18BrN/c1-20-15-6-7-16(20)11-13(10-15)17-4-2-3-12-9-14(19)5-8-18(12)17/h2-5,8-10,15-16H,6-7,11H2,1H3. The highest BCUT2D eigenvalue weighted by atomic mass is 79.9. The van der Waals surface area contributed by atoms with Crippen molar-refractivity contribution in [2.24, 2.45) is 0 Å². The van der Waals surface area contributed by atoms with Crippen LogP contribution >= 0.6 is 15.9 Å². The zero-order valence-corrected chi connectivity index (χ0v) is 13.2. The third kappa shape index (κ3) is 1.94. The van der Waals surface area contributed by atoms with Crippen molar-refractivity contribution < 1.29 is 0 Å². The SMILES string of the molecule is CN1C2C=C(c3cccc4cc(Br)ccc34)CC1CC2. The highest BCUT2D eigenvalue weighted by molar-refractivity contribution is 9.10. The Morgan fingerprint density at radius 2 is 2.05 bits per heavy atom. The van der Waals surface area contributed by atoms with E-state index in [1.807, 2.05) is 0 Å². The molecule has 2 heterocycles. The Morgan fingerprint density at radius 3 is 2.90 bits per heavy atom. The second kappa shape index (κ2) is 4.71. The molecular formula is C18H18BrN. The van der Waals surface area contributed by atoms with Gasteiger partial charge in [0.1, 0.15) is 0 Å². The molecule has 0 N–H and O–H groups in total. The van der Waals surface area contributed by atoms with E-state index in [-0.39, 0.29) is 0 Å². The molecule has 1 fully saturated rings. The van der Waals surface area contributed by atoms with Gasteiger partial charge in [0.25, 0.3) is 0 Å². The second-order valence-electron chi connectivity index (χ2n) is 6.03. The molecule has 0 aromatic heterocycles. The summed E-state index contributed by atoms with van der Waals surface area (Å²) in [5, 5.41) is 2.70. The molecule has 2 atom stereocenters. The lowest BCUT2D eigenvalue weighted by molar-refractivity contribution is 0.264. The van der Waals surface area contributed by atoms with E-state index in [9.17, 15) is 0 Å². The molecule has 2 aliphatic rings. The number of halogens is 1. The van der Waals surface area contributed by atoms with Gasteiger partial charge in [0.2, 0.25) is 0 Å². The van der Waals surface area contributed by atoms with Crippen LogP contribution in [0.1, 0.15) is 24.8 Å². The summed E-state index contributed by atoms with van der Waals surface area (Å²) in [5.74, 6) is 0. The molecule has 4 rings (SSSR count).